The van der Waals surface area contributed by atoms with E-state index in [9.17, 15) is 39.6 Å². The van der Waals surface area contributed by atoms with Gasteiger partial charge in [-0.1, -0.05) is 6.92 Å². The molecule has 0 aromatic heterocycles. The zero-order valence-corrected chi connectivity index (χ0v) is 19.0. The fourth-order valence-corrected chi connectivity index (χ4v) is 5.70. The Morgan fingerprint density at radius 2 is 1.82 bits per heavy atom. The molecule has 10 heteroatoms. The molecule has 0 bridgehead atoms. The van der Waals surface area contributed by atoms with Crippen molar-refractivity contribution < 1.29 is 39.6 Å². The van der Waals surface area contributed by atoms with Crippen LogP contribution in [0.25, 0.3) is 5.76 Å². The van der Waals surface area contributed by atoms with Gasteiger partial charge < -0.3 is 26.2 Å². The average Bonchev–Trinajstić information content (AvgIpc) is 2.75. The molecule has 4 atom stereocenters. The first kappa shape index (κ1) is 23.7. The summed E-state index contributed by atoms with van der Waals surface area (Å²) in [6.45, 7) is 1.68. The van der Waals surface area contributed by atoms with Crippen LogP contribution in [0.2, 0.25) is 0 Å². The number of hydrogen-bond donors (Lipinski definition) is 5. The summed E-state index contributed by atoms with van der Waals surface area (Å²) < 4.78 is 0. The van der Waals surface area contributed by atoms with E-state index >= 15 is 0 Å². The highest BCUT2D eigenvalue weighted by atomic mass is 16.3. The van der Waals surface area contributed by atoms with E-state index in [2.05, 4.69) is 0 Å². The predicted octanol–water partition coefficient (Wildman–Crippen LogP) is 0.557. The van der Waals surface area contributed by atoms with Crippen molar-refractivity contribution in [2.24, 2.45) is 17.6 Å². The summed E-state index contributed by atoms with van der Waals surface area (Å²) in [5.74, 6) is -7.37. The van der Waals surface area contributed by atoms with Crippen LogP contribution in [-0.4, -0.2) is 74.3 Å². The van der Waals surface area contributed by atoms with E-state index in [1.54, 1.807) is 6.92 Å². The minimum atomic E-state index is -2.68. The second-order valence-electron chi connectivity index (χ2n) is 9.22. The second kappa shape index (κ2) is 7.78. The topological polar surface area (TPSA) is 178 Å². The molecule has 3 aliphatic carbocycles. The van der Waals surface area contributed by atoms with E-state index in [-0.39, 0.29) is 41.9 Å². The minimum absolute atomic E-state index is 0.0266. The molecule has 3 aliphatic rings. The highest BCUT2D eigenvalue weighted by Crippen LogP contribution is 2.52. The number of carbonyl (C=O) groups excluding carboxylic acids is 4. The van der Waals surface area contributed by atoms with E-state index in [1.165, 1.54) is 31.1 Å². The van der Waals surface area contributed by atoms with Gasteiger partial charge in [0.25, 0.3) is 5.91 Å². The van der Waals surface area contributed by atoms with Crippen molar-refractivity contribution in [3.05, 3.63) is 45.7 Å². The smallest absolute Gasteiger partial charge is 0.255 e. The number of amides is 1. The standard InChI is InChI=1S/C24H26N2O8/c1-4-13(27)10-5-6-14(28)16-11(10)7-9-8-12-18(26(2)3)20(30)17(23(25)33)22(32)24(12,34)21(31)15(9)19(16)29/h5-6,9,12,18,28-29,32,34H,4,7-8H2,1-3H3,(H2,25,33)/t9-,12-,18-,24-/m0/s1. The number of primary amides is 1. The summed E-state index contributed by atoms with van der Waals surface area (Å²) in [4.78, 5) is 52.6. The summed E-state index contributed by atoms with van der Waals surface area (Å²) in [5, 5.41) is 43.8. The van der Waals surface area contributed by atoms with Gasteiger partial charge in [0.2, 0.25) is 5.78 Å². The summed E-state index contributed by atoms with van der Waals surface area (Å²) >= 11 is 0. The Bertz CT molecular complexity index is 1230. The SMILES string of the molecule is CCC(=O)c1ccc(O)c2c1C[C@H]1C[C@H]3[C@H](N(C)C)C(=O)C(C(N)=O)=C(O)[C@@]3(O)C(=O)C1=C2O. The molecule has 1 saturated carbocycles. The van der Waals surface area contributed by atoms with Crippen molar-refractivity contribution in [2.75, 3.05) is 14.1 Å². The third kappa shape index (κ3) is 2.95. The lowest BCUT2D eigenvalue weighted by molar-refractivity contribution is -0.153. The number of nitrogens with two attached hydrogens (primary N) is 1. The lowest BCUT2D eigenvalue weighted by Crippen LogP contribution is -2.65. The third-order valence-corrected chi connectivity index (χ3v) is 7.23. The number of ketones is 3. The lowest BCUT2D eigenvalue weighted by atomic mass is 9.57. The van der Waals surface area contributed by atoms with Crippen LogP contribution in [-0.2, 0) is 20.8 Å². The fourth-order valence-electron chi connectivity index (χ4n) is 5.70. The zero-order valence-electron chi connectivity index (χ0n) is 19.0. The molecule has 1 fully saturated rings. The van der Waals surface area contributed by atoms with Gasteiger partial charge in [0.15, 0.2) is 17.2 Å². The zero-order chi connectivity index (χ0) is 25.3. The van der Waals surface area contributed by atoms with Gasteiger partial charge in [-0.15, -0.1) is 0 Å². The molecule has 6 N–H and O–H groups in total. The Morgan fingerprint density at radius 1 is 1.18 bits per heavy atom. The molecule has 0 spiro atoms. The molecule has 1 aromatic carbocycles. The minimum Gasteiger partial charge on any atom is -0.508 e. The Kier molecular flexibility index (Phi) is 5.41. The van der Waals surface area contributed by atoms with Crippen molar-refractivity contribution in [3.63, 3.8) is 0 Å². The van der Waals surface area contributed by atoms with E-state index in [0.29, 0.717) is 11.1 Å². The van der Waals surface area contributed by atoms with Crippen molar-refractivity contribution in [2.45, 2.75) is 37.8 Å². The van der Waals surface area contributed by atoms with Gasteiger partial charge in [-0.05, 0) is 50.6 Å². The number of aliphatic hydroxyl groups excluding tert-OH is 2. The van der Waals surface area contributed by atoms with Gasteiger partial charge >= 0.3 is 0 Å². The first-order valence-corrected chi connectivity index (χ1v) is 10.9. The van der Waals surface area contributed by atoms with Crippen molar-refractivity contribution >= 4 is 29.0 Å². The molecule has 0 saturated heterocycles. The number of benzene rings is 1. The van der Waals surface area contributed by atoms with Crippen LogP contribution < -0.4 is 5.73 Å². The molecular weight excluding hydrogens is 444 g/mol. The molecule has 0 heterocycles. The van der Waals surface area contributed by atoms with Crippen LogP contribution in [0.3, 0.4) is 0 Å². The Morgan fingerprint density at radius 3 is 2.38 bits per heavy atom. The molecule has 0 unspecified atom stereocenters. The first-order valence-electron chi connectivity index (χ1n) is 10.9. The first-order chi connectivity index (χ1) is 15.9. The summed E-state index contributed by atoms with van der Waals surface area (Å²) in [6, 6.07) is 1.55. The molecule has 4 rings (SSSR count). The normalized spacial score (nSPS) is 28.6. The Labute approximate surface area is 195 Å². The number of aliphatic hydroxyl groups is 3. The van der Waals surface area contributed by atoms with Crippen molar-refractivity contribution in [3.8, 4) is 5.75 Å². The van der Waals surface area contributed by atoms with Gasteiger partial charge in [-0.3, -0.25) is 24.1 Å². The molecule has 34 heavy (non-hydrogen) atoms. The van der Waals surface area contributed by atoms with Crippen LogP contribution in [0.1, 0.15) is 41.3 Å². The maximum Gasteiger partial charge on any atom is 0.255 e. The predicted molar refractivity (Wildman–Crippen MR) is 119 cm³/mol. The number of likely N-dealkylation sites (N-methyl/N-ethyl adjacent to an activating group) is 1. The van der Waals surface area contributed by atoms with Crippen LogP contribution in [0, 0.1) is 11.8 Å². The number of rotatable bonds is 4. The van der Waals surface area contributed by atoms with Crippen LogP contribution in [0.5, 0.6) is 5.75 Å². The van der Waals surface area contributed by atoms with E-state index in [0.717, 1.165) is 0 Å². The van der Waals surface area contributed by atoms with Gasteiger partial charge in [0.05, 0.1) is 11.6 Å². The summed E-state index contributed by atoms with van der Waals surface area (Å²) in [7, 11) is 3.06. The van der Waals surface area contributed by atoms with Crippen LogP contribution >= 0.6 is 0 Å². The monoisotopic (exact) mass is 470 g/mol. The summed E-state index contributed by atoms with van der Waals surface area (Å²) in [6.07, 6.45) is 0.247. The van der Waals surface area contributed by atoms with Crippen molar-refractivity contribution in [1.29, 1.82) is 0 Å². The van der Waals surface area contributed by atoms with Crippen LogP contribution in [0.4, 0.5) is 0 Å². The molecule has 0 aliphatic heterocycles. The quantitative estimate of drug-likeness (QED) is 0.310. The van der Waals surface area contributed by atoms with E-state index < -0.39 is 58.0 Å². The second-order valence-corrected chi connectivity index (χ2v) is 9.22. The van der Waals surface area contributed by atoms with Gasteiger partial charge in [0.1, 0.15) is 22.8 Å². The van der Waals surface area contributed by atoms with Gasteiger partial charge in [-0.2, -0.15) is 0 Å². The van der Waals surface area contributed by atoms with Crippen LogP contribution in [0.15, 0.2) is 29.0 Å². The Balaban J connectivity index is 1.99. The molecular formula is C24H26N2O8. The fraction of sp³-hybridized carbons (Fsp3) is 0.417. The maximum atomic E-state index is 13.7. The third-order valence-electron chi connectivity index (χ3n) is 7.23. The van der Waals surface area contributed by atoms with Gasteiger partial charge in [-0.25, -0.2) is 0 Å². The number of Topliss-reactive ketones (excluding diaryl/α,β-unsaturated/α-hetero) is 3. The maximum absolute atomic E-state index is 13.7. The van der Waals surface area contributed by atoms with Gasteiger partial charge in [0, 0.05) is 23.5 Å². The number of hydrogen-bond acceptors (Lipinski definition) is 9. The molecule has 1 amide bonds. The largest absolute Gasteiger partial charge is 0.508 e. The number of aromatic hydroxyl groups is 1. The van der Waals surface area contributed by atoms with Crippen molar-refractivity contribution in [1.82, 2.24) is 4.90 Å². The summed E-state index contributed by atoms with van der Waals surface area (Å²) in [5.41, 5.74) is 2.09. The number of nitrogens with zero attached hydrogens (tertiary/aromatic N) is 1. The van der Waals surface area contributed by atoms with E-state index in [1.807, 2.05) is 0 Å². The Hall–Kier alpha value is -3.50. The highest BCUT2D eigenvalue weighted by Gasteiger charge is 2.64. The van der Waals surface area contributed by atoms with E-state index in [4.69, 9.17) is 5.73 Å². The molecule has 0 radical (unpaired) electrons. The highest BCUT2D eigenvalue weighted by molar-refractivity contribution is 6.24. The molecule has 180 valence electrons. The number of phenolic OH excluding ortho intramolecular Hbond substituents is 1. The number of phenols is 1. The molecule has 1 aromatic rings. The molecule has 10 nitrogen and oxygen atoms in total. The number of carbonyl (C=O) groups is 4. The lowest BCUT2D eigenvalue weighted by Gasteiger charge is -2.50. The average molecular weight is 470 g/mol. The number of fused-ring (bicyclic) bond motifs is 3.